The van der Waals surface area contributed by atoms with E-state index < -0.39 is 6.29 Å². The Bertz CT molecular complexity index is 1700. The molecule has 3 unspecified atom stereocenters. The van der Waals surface area contributed by atoms with Crippen LogP contribution in [0.25, 0.3) is 11.1 Å². The molecule has 1 saturated heterocycles. The Morgan fingerprint density at radius 2 is 1.46 bits per heavy atom. The highest BCUT2D eigenvalue weighted by Gasteiger charge is 2.32. The minimum atomic E-state index is -0.552. The Kier molecular flexibility index (Phi) is 10.7. The fourth-order valence-electron chi connectivity index (χ4n) is 5.38. The van der Waals surface area contributed by atoms with Crippen molar-refractivity contribution in [1.82, 2.24) is 15.6 Å². The van der Waals surface area contributed by atoms with E-state index in [2.05, 4.69) is 39.9 Å². The van der Waals surface area contributed by atoms with Crippen LogP contribution in [0.1, 0.15) is 46.6 Å². The first-order chi connectivity index (χ1) is 22.6. The zero-order valence-electron chi connectivity index (χ0n) is 25.4. The normalized spacial score (nSPS) is 17.7. The van der Waals surface area contributed by atoms with Gasteiger partial charge in [-0.05, 0) is 57.6 Å². The lowest BCUT2D eigenvalue weighted by atomic mass is 9.99. The average Bonchev–Trinajstić information content (AvgIpc) is 3.13. The van der Waals surface area contributed by atoms with E-state index in [1.807, 2.05) is 97.1 Å². The van der Waals surface area contributed by atoms with E-state index in [0.29, 0.717) is 19.5 Å². The molecule has 1 aromatic heterocycles. The Morgan fingerprint density at radius 3 is 2.22 bits per heavy atom. The number of aliphatic hydroxyl groups is 1. The highest BCUT2D eigenvalue weighted by atomic mass is 32.2. The number of rotatable bonds is 11. The predicted molar refractivity (Wildman–Crippen MR) is 181 cm³/mol. The summed E-state index contributed by atoms with van der Waals surface area (Å²) in [5, 5.41) is 16.3. The van der Waals surface area contributed by atoms with Crippen LogP contribution in [0.15, 0.2) is 133 Å². The zero-order valence-corrected chi connectivity index (χ0v) is 26.2. The van der Waals surface area contributed by atoms with Gasteiger partial charge in [-0.25, -0.2) is 9.78 Å². The van der Waals surface area contributed by atoms with Crippen LogP contribution < -0.4 is 10.6 Å². The molecular weight excluding hydrogens is 595 g/mol. The Hall–Kier alpha value is -4.47. The fourth-order valence-corrected chi connectivity index (χ4v) is 6.26. The molecule has 3 atom stereocenters. The number of nitrogens with one attached hydrogen (secondary N) is 2. The van der Waals surface area contributed by atoms with Gasteiger partial charge in [0.2, 0.25) is 0 Å². The molecule has 234 valence electrons. The SMILES string of the molecule is O=C(NCc1ccccc1)NCc1cccc(-c2cccc(C3OC(CSc4ccccn4)CC(c4ccc(CO)cc4)O3)c2)c1. The van der Waals surface area contributed by atoms with Crippen LogP contribution in [0.5, 0.6) is 0 Å². The Labute approximate surface area is 274 Å². The van der Waals surface area contributed by atoms with Crippen LogP contribution >= 0.6 is 11.8 Å². The van der Waals surface area contributed by atoms with Crippen molar-refractivity contribution in [1.29, 1.82) is 0 Å². The highest BCUT2D eigenvalue weighted by molar-refractivity contribution is 7.99. The second-order valence-electron chi connectivity index (χ2n) is 11.2. The lowest BCUT2D eigenvalue weighted by Crippen LogP contribution is -2.34. The maximum Gasteiger partial charge on any atom is 0.315 e. The van der Waals surface area contributed by atoms with Crippen molar-refractivity contribution in [2.75, 3.05) is 5.75 Å². The van der Waals surface area contributed by atoms with Gasteiger partial charge in [0.15, 0.2) is 6.29 Å². The molecule has 6 rings (SSSR count). The average molecular weight is 632 g/mol. The number of carbonyl (C=O) groups is 1. The first-order valence-corrected chi connectivity index (χ1v) is 16.4. The first kappa shape index (κ1) is 31.5. The fraction of sp³-hybridized carbons (Fsp3) is 0.211. The van der Waals surface area contributed by atoms with Gasteiger partial charge in [-0.2, -0.15) is 0 Å². The molecule has 46 heavy (non-hydrogen) atoms. The number of hydrogen-bond donors (Lipinski definition) is 3. The van der Waals surface area contributed by atoms with Crippen molar-refractivity contribution in [3.05, 3.63) is 155 Å². The second kappa shape index (κ2) is 15.7. The van der Waals surface area contributed by atoms with Gasteiger partial charge in [-0.15, -0.1) is 11.8 Å². The maximum absolute atomic E-state index is 12.4. The largest absolute Gasteiger partial charge is 0.392 e. The molecule has 2 heterocycles. The van der Waals surface area contributed by atoms with Gasteiger partial charge < -0.3 is 25.2 Å². The smallest absolute Gasteiger partial charge is 0.315 e. The molecule has 1 fully saturated rings. The number of aliphatic hydroxyl groups excluding tert-OH is 1. The summed E-state index contributed by atoms with van der Waals surface area (Å²) in [5.74, 6) is 0.746. The molecule has 1 aliphatic rings. The number of carbonyl (C=O) groups excluding carboxylic acids is 1. The third kappa shape index (κ3) is 8.62. The van der Waals surface area contributed by atoms with Crippen molar-refractivity contribution in [3.63, 3.8) is 0 Å². The highest BCUT2D eigenvalue weighted by Crippen LogP contribution is 2.40. The van der Waals surface area contributed by atoms with E-state index in [0.717, 1.165) is 49.7 Å². The van der Waals surface area contributed by atoms with E-state index in [9.17, 15) is 9.90 Å². The summed E-state index contributed by atoms with van der Waals surface area (Å²) in [4.78, 5) is 16.9. The summed E-state index contributed by atoms with van der Waals surface area (Å²) in [7, 11) is 0. The third-order valence-electron chi connectivity index (χ3n) is 7.84. The van der Waals surface area contributed by atoms with Crippen LogP contribution in [0.3, 0.4) is 0 Å². The molecule has 0 radical (unpaired) electrons. The number of pyridine rings is 1. The molecular formula is C38H37N3O4S. The molecule has 3 N–H and O–H groups in total. The number of nitrogens with zero attached hydrogens (tertiary/aromatic N) is 1. The predicted octanol–water partition coefficient (Wildman–Crippen LogP) is 7.58. The summed E-state index contributed by atoms with van der Waals surface area (Å²) in [6, 6.07) is 39.9. The lowest BCUT2D eigenvalue weighted by Gasteiger charge is -2.36. The van der Waals surface area contributed by atoms with E-state index in [1.54, 1.807) is 18.0 Å². The molecule has 8 heteroatoms. The van der Waals surface area contributed by atoms with E-state index in [4.69, 9.17) is 9.47 Å². The summed E-state index contributed by atoms with van der Waals surface area (Å²) in [6.07, 6.45) is 1.75. The van der Waals surface area contributed by atoms with Gasteiger partial charge in [0, 0.05) is 37.0 Å². The molecule has 5 aromatic rings. The number of amides is 2. The van der Waals surface area contributed by atoms with Crippen molar-refractivity contribution in [3.8, 4) is 11.1 Å². The van der Waals surface area contributed by atoms with Gasteiger partial charge in [0.1, 0.15) is 0 Å². The molecule has 0 aliphatic carbocycles. The van der Waals surface area contributed by atoms with Crippen molar-refractivity contribution in [2.24, 2.45) is 0 Å². The number of urea groups is 1. The summed E-state index contributed by atoms with van der Waals surface area (Å²) in [6.45, 7) is 0.893. The standard InChI is InChI=1S/C38H37N3O4S/c42-25-28-15-17-30(18-16-28)35-22-34(26-46-36-14-4-5-19-39-36)44-37(45-35)33-13-7-12-32(21-33)31-11-6-10-29(20-31)24-41-38(43)40-23-27-8-2-1-3-9-27/h1-21,34-35,37,42H,22-26H2,(H2,40,41,43). The topological polar surface area (TPSA) is 92.7 Å². The van der Waals surface area contributed by atoms with Crippen molar-refractivity contribution in [2.45, 2.75) is 49.6 Å². The van der Waals surface area contributed by atoms with Crippen molar-refractivity contribution >= 4 is 17.8 Å². The molecule has 2 amide bonds. The minimum absolute atomic E-state index is 0.00634. The summed E-state index contributed by atoms with van der Waals surface area (Å²) >= 11 is 1.68. The van der Waals surface area contributed by atoms with Crippen LogP contribution in [0.4, 0.5) is 4.79 Å². The molecule has 0 saturated carbocycles. The molecule has 0 bridgehead atoms. The lowest BCUT2D eigenvalue weighted by molar-refractivity contribution is -0.245. The van der Waals surface area contributed by atoms with E-state index in [1.165, 1.54) is 0 Å². The Morgan fingerprint density at radius 1 is 0.739 bits per heavy atom. The second-order valence-corrected chi connectivity index (χ2v) is 12.2. The third-order valence-corrected chi connectivity index (χ3v) is 8.91. The van der Waals surface area contributed by atoms with E-state index in [-0.39, 0.29) is 24.8 Å². The summed E-state index contributed by atoms with van der Waals surface area (Å²) < 4.78 is 13.1. The Balaban J connectivity index is 1.15. The molecule has 1 aliphatic heterocycles. The molecule has 0 spiro atoms. The molecule has 7 nitrogen and oxygen atoms in total. The van der Waals surface area contributed by atoms with Gasteiger partial charge >= 0.3 is 6.03 Å². The summed E-state index contributed by atoms with van der Waals surface area (Å²) in [5.41, 5.74) is 6.99. The van der Waals surface area contributed by atoms with Gasteiger partial charge in [0.25, 0.3) is 0 Å². The minimum Gasteiger partial charge on any atom is -0.392 e. The van der Waals surface area contributed by atoms with E-state index >= 15 is 0 Å². The van der Waals surface area contributed by atoms with Crippen LogP contribution in [0.2, 0.25) is 0 Å². The van der Waals surface area contributed by atoms with Gasteiger partial charge in [-0.1, -0.05) is 97.1 Å². The van der Waals surface area contributed by atoms with Gasteiger partial charge in [0.05, 0.1) is 23.8 Å². The zero-order chi connectivity index (χ0) is 31.6. The van der Waals surface area contributed by atoms with Crippen LogP contribution in [-0.4, -0.2) is 28.0 Å². The number of hydrogen-bond acceptors (Lipinski definition) is 6. The number of benzene rings is 4. The van der Waals surface area contributed by atoms with Gasteiger partial charge in [-0.3, -0.25) is 0 Å². The molecule has 4 aromatic carbocycles. The maximum atomic E-state index is 12.4. The quantitative estimate of drug-likeness (QED) is 0.130. The monoisotopic (exact) mass is 631 g/mol. The van der Waals surface area contributed by atoms with Crippen LogP contribution in [0, 0.1) is 0 Å². The number of thioether (sulfide) groups is 1. The van der Waals surface area contributed by atoms with Crippen LogP contribution in [-0.2, 0) is 29.2 Å². The number of ether oxygens (including phenoxy) is 2. The number of aromatic nitrogens is 1. The van der Waals surface area contributed by atoms with Crippen molar-refractivity contribution < 1.29 is 19.4 Å². The first-order valence-electron chi connectivity index (χ1n) is 15.4.